The van der Waals surface area contributed by atoms with Gasteiger partial charge < -0.3 is 15.0 Å². The van der Waals surface area contributed by atoms with Gasteiger partial charge in [0.15, 0.2) is 5.96 Å². The van der Waals surface area contributed by atoms with E-state index in [1.54, 1.807) is 0 Å². The van der Waals surface area contributed by atoms with Crippen LogP contribution in [0.15, 0.2) is 41.4 Å². The maximum Gasteiger partial charge on any atom is 0.193 e. The summed E-state index contributed by atoms with van der Waals surface area (Å²) in [4.78, 5) is 9.37. The van der Waals surface area contributed by atoms with Crippen LogP contribution in [0.2, 0.25) is 0 Å². The van der Waals surface area contributed by atoms with E-state index >= 15 is 0 Å². The third kappa shape index (κ3) is 5.85. The molecular weight excluding hydrogens is 451 g/mol. The zero-order valence-corrected chi connectivity index (χ0v) is 19.1. The molecule has 0 amide bonds. The number of likely N-dealkylation sites (tertiary alicyclic amines) is 1. The molecule has 27 heavy (non-hydrogen) atoms. The van der Waals surface area contributed by atoms with E-state index in [9.17, 15) is 0 Å². The topological polar surface area (TPSA) is 40.1 Å². The predicted molar refractivity (Wildman–Crippen MR) is 123 cm³/mol. The van der Waals surface area contributed by atoms with Crippen LogP contribution in [0.5, 0.6) is 5.75 Å². The molecule has 0 radical (unpaired) electrons. The Balaban J connectivity index is 0.00000261. The smallest absolute Gasteiger partial charge is 0.193 e. The highest BCUT2D eigenvalue weighted by molar-refractivity contribution is 14.0. The van der Waals surface area contributed by atoms with Crippen molar-refractivity contribution in [3.63, 3.8) is 0 Å². The number of rotatable bonds is 6. The first-order valence-corrected chi connectivity index (χ1v) is 9.75. The lowest BCUT2D eigenvalue weighted by Crippen LogP contribution is -2.43. The highest BCUT2D eigenvalue weighted by Crippen LogP contribution is 2.25. The van der Waals surface area contributed by atoms with Crippen LogP contribution in [0.25, 0.3) is 0 Å². The first-order chi connectivity index (χ1) is 12.7. The molecule has 1 saturated heterocycles. The Morgan fingerprint density at radius 1 is 1.26 bits per heavy atom. The summed E-state index contributed by atoms with van der Waals surface area (Å²) < 4.78 is 6.01. The van der Waals surface area contributed by atoms with Gasteiger partial charge in [0.2, 0.25) is 0 Å². The molecule has 0 aliphatic carbocycles. The Bertz CT molecular complexity index is 639. The van der Waals surface area contributed by atoms with Gasteiger partial charge in [-0.25, -0.2) is 0 Å². The zero-order valence-electron chi connectivity index (χ0n) is 16.7. The number of ether oxygens (including phenoxy) is 1. The first-order valence-electron chi connectivity index (χ1n) is 9.75. The van der Waals surface area contributed by atoms with Crippen LogP contribution in [0.1, 0.15) is 31.7 Å². The molecule has 0 saturated carbocycles. The maximum absolute atomic E-state index is 6.01. The van der Waals surface area contributed by atoms with Crippen molar-refractivity contribution in [2.45, 2.75) is 32.2 Å². The van der Waals surface area contributed by atoms with Gasteiger partial charge in [0.05, 0.1) is 6.54 Å². The van der Waals surface area contributed by atoms with E-state index in [-0.39, 0.29) is 24.0 Å². The van der Waals surface area contributed by atoms with Gasteiger partial charge in [0, 0.05) is 39.3 Å². The third-order valence-electron chi connectivity index (χ3n) is 5.22. The fourth-order valence-corrected chi connectivity index (χ4v) is 3.77. The summed E-state index contributed by atoms with van der Waals surface area (Å²) in [5.74, 6) is 2.44. The molecule has 150 valence electrons. The number of guanidine groups is 1. The van der Waals surface area contributed by atoms with Crippen LogP contribution in [-0.2, 0) is 0 Å². The Labute approximate surface area is 180 Å². The van der Waals surface area contributed by atoms with Crippen molar-refractivity contribution in [1.82, 2.24) is 15.1 Å². The van der Waals surface area contributed by atoms with Gasteiger partial charge in [-0.1, -0.05) is 44.2 Å². The molecule has 1 aromatic rings. The average molecular weight is 484 g/mol. The third-order valence-corrected chi connectivity index (χ3v) is 5.22. The molecule has 1 atom stereocenters. The van der Waals surface area contributed by atoms with E-state index < -0.39 is 0 Å². The zero-order chi connectivity index (χ0) is 18.4. The van der Waals surface area contributed by atoms with Crippen molar-refractivity contribution in [3.8, 4) is 5.75 Å². The number of hydrogen-bond donors (Lipinski definition) is 1. The standard InChI is InChI=1S/C21H32N4O.HI/c1-17(2)19-8-4-5-9-20(19)26-15-11-23-21(22-3)25-14-10-18(16-25)24-12-6-7-13-24;/h4-9,17-18H,10-16H2,1-3H3,(H,22,23);1H. The minimum atomic E-state index is 0. The number of hydrogen-bond acceptors (Lipinski definition) is 3. The van der Waals surface area contributed by atoms with Crippen LogP contribution in [0.3, 0.4) is 0 Å². The quantitative estimate of drug-likeness (QED) is 0.221. The fraction of sp³-hybridized carbons (Fsp3) is 0.571. The number of nitrogens with one attached hydrogen (secondary N) is 1. The van der Waals surface area contributed by atoms with Crippen molar-refractivity contribution < 1.29 is 4.74 Å². The lowest BCUT2D eigenvalue weighted by Gasteiger charge is -2.25. The maximum atomic E-state index is 6.01. The molecule has 1 fully saturated rings. The Morgan fingerprint density at radius 2 is 2.00 bits per heavy atom. The Morgan fingerprint density at radius 3 is 2.70 bits per heavy atom. The summed E-state index contributed by atoms with van der Waals surface area (Å²) >= 11 is 0. The highest BCUT2D eigenvalue weighted by atomic mass is 127. The lowest BCUT2D eigenvalue weighted by atomic mass is 10.0. The number of benzene rings is 1. The largest absolute Gasteiger partial charge is 0.491 e. The monoisotopic (exact) mass is 484 g/mol. The molecule has 2 heterocycles. The van der Waals surface area contributed by atoms with Gasteiger partial charge in [-0.2, -0.15) is 0 Å². The van der Waals surface area contributed by atoms with E-state index in [1.165, 1.54) is 12.0 Å². The Kier molecular flexibility index (Phi) is 8.89. The SMILES string of the molecule is CN=C(NCCOc1ccccc1C(C)C)N1CCC(N2CC=CC2)C1.I. The second-order valence-corrected chi connectivity index (χ2v) is 7.33. The van der Waals surface area contributed by atoms with Crippen molar-refractivity contribution in [2.24, 2.45) is 4.99 Å². The summed E-state index contributed by atoms with van der Waals surface area (Å²) in [7, 11) is 1.86. The number of halogens is 1. The van der Waals surface area contributed by atoms with E-state index in [0.717, 1.165) is 44.4 Å². The van der Waals surface area contributed by atoms with Crippen LogP contribution in [0, 0.1) is 0 Å². The van der Waals surface area contributed by atoms with Crippen molar-refractivity contribution in [1.29, 1.82) is 0 Å². The normalized spacial score (nSPS) is 20.2. The average Bonchev–Trinajstić information content (AvgIpc) is 3.33. The second-order valence-electron chi connectivity index (χ2n) is 7.33. The molecule has 3 rings (SSSR count). The molecule has 2 aliphatic rings. The molecule has 0 spiro atoms. The number of nitrogens with zero attached hydrogens (tertiary/aromatic N) is 3. The van der Waals surface area contributed by atoms with Gasteiger partial charge in [0.1, 0.15) is 12.4 Å². The van der Waals surface area contributed by atoms with Crippen LogP contribution in [0.4, 0.5) is 0 Å². The van der Waals surface area contributed by atoms with E-state index in [0.29, 0.717) is 18.6 Å². The predicted octanol–water partition coefficient (Wildman–Crippen LogP) is 3.33. The van der Waals surface area contributed by atoms with E-state index in [2.05, 4.69) is 64.3 Å². The fourth-order valence-electron chi connectivity index (χ4n) is 3.77. The van der Waals surface area contributed by atoms with Crippen molar-refractivity contribution in [3.05, 3.63) is 42.0 Å². The molecule has 5 nitrogen and oxygen atoms in total. The first kappa shape index (κ1) is 22.0. The molecule has 1 aromatic carbocycles. The van der Waals surface area contributed by atoms with Gasteiger partial charge in [0.25, 0.3) is 0 Å². The summed E-state index contributed by atoms with van der Waals surface area (Å²) in [6.07, 6.45) is 5.74. The van der Waals surface area contributed by atoms with Gasteiger partial charge >= 0.3 is 0 Å². The summed E-state index contributed by atoms with van der Waals surface area (Å²) in [5.41, 5.74) is 1.26. The molecule has 2 aliphatic heterocycles. The number of aliphatic imine (C=N–C) groups is 1. The number of para-hydroxylation sites is 1. The molecule has 6 heteroatoms. The molecule has 1 N–H and O–H groups in total. The van der Waals surface area contributed by atoms with E-state index in [4.69, 9.17) is 4.74 Å². The minimum Gasteiger partial charge on any atom is -0.491 e. The Hall–Kier alpha value is -1.28. The second kappa shape index (κ2) is 10.9. The van der Waals surface area contributed by atoms with Gasteiger partial charge in [-0.05, 0) is 24.0 Å². The van der Waals surface area contributed by atoms with Crippen molar-refractivity contribution in [2.75, 3.05) is 46.4 Å². The van der Waals surface area contributed by atoms with Crippen LogP contribution >= 0.6 is 24.0 Å². The summed E-state index contributed by atoms with van der Waals surface area (Å²) in [6, 6.07) is 8.94. The summed E-state index contributed by atoms with van der Waals surface area (Å²) in [6.45, 7) is 10.1. The van der Waals surface area contributed by atoms with E-state index in [1.807, 2.05) is 13.1 Å². The summed E-state index contributed by atoms with van der Waals surface area (Å²) in [5, 5.41) is 3.46. The van der Waals surface area contributed by atoms with Crippen molar-refractivity contribution >= 4 is 29.9 Å². The highest BCUT2D eigenvalue weighted by Gasteiger charge is 2.29. The molecule has 0 bridgehead atoms. The minimum absolute atomic E-state index is 0. The van der Waals surface area contributed by atoms with Gasteiger partial charge in [-0.3, -0.25) is 9.89 Å². The van der Waals surface area contributed by atoms with Gasteiger partial charge in [-0.15, -0.1) is 24.0 Å². The lowest BCUT2D eigenvalue weighted by molar-refractivity contribution is 0.259. The van der Waals surface area contributed by atoms with Crippen LogP contribution < -0.4 is 10.1 Å². The molecule has 0 aromatic heterocycles. The van der Waals surface area contributed by atoms with Crippen LogP contribution in [-0.4, -0.2) is 68.2 Å². The molecule has 1 unspecified atom stereocenters. The molecular formula is C21H33IN4O.